The van der Waals surface area contributed by atoms with Crippen molar-refractivity contribution in [1.82, 2.24) is 9.97 Å². The number of carbonyl (C=O) groups excluding carboxylic acids is 1. The third kappa shape index (κ3) is 4.47. The van der Waals surface area contributed by atoms with Gasteiger partial charge in [-0.15, -0.1) is 0 Å². The Morgan fingerprint density at radius 1 is 1.00 bits per heavy atom. The van der Waals surface area contributed by atoms with Crippen molar-refractivity contribution in [3.05, 3.63) is 76.7 Å². The molecule has 0 fully saturated rings. The van der Waals surface area contributed by atoms with Crippen LogP contribution < -0.4 is 10.6 Å². The third-order valence-electron chi connectivity index (χ3n) is 4.00. The van der Waals surface area contributed by atoms with E-state index in [9.17, 15) is 4.79 Å². The SMILES string of the molecule is Cc1ccc(C)c(NC(=O)c2cc(Nc3ccc(C#N)cc3)nc(C)n2)c1. The molecule has 0 atom stereocenters. The summed E-state index contributed by atoms with van der Waals surface area (Å²) in [5, 5.41) is 14.9. The van der Waals surface area contributed by atoms with Gasteiger partial charge in [0, 0.05) is 17.4 Å². The fourth-order valence-corrected chi connectivity index (χ4v) is 2.58. The summed E-state index contributed by atoms with van der Waals surface area (Å²) in [7, 11) is 0. The molecule has 1 amide bonds. The van der Waals surface area contributed by atoms with Crippen LogP contribution in [-0.2, 0) is 0 Å². The zero-order chi connectivity index (χ0) is 19.4. The summed E-state index contributed by atoms with van der Waals surface area (Å²) in [5.41, 5.74) is 4.44. The molecule has 2 aromatic carbocycles. The lowest BCUT2D eigenvalue weighted by atomic mass is 10.1. The molecule has 0 aliphatic carbocycles. The van der Waals surface area contributed by atoms with Crippen LogP contribution in [0.1, 0.15) is 33.0 Å². The van der Waals surface area contributed by atoms with Gasteiger partial charge in [0.25, 0.3) is 5.91 Å². The van der Waals surface area contributed by atoms with Gasteiger partial charge < -0.3 is 10.6 Å². The molecule has 3 rings (SSSR count). The Balaban J connectivity index is 1.82. The van der Waals surface area contributed by atoms with E-state index in [1.54, 1.807) is 37.3 Å². The minimum absolute atomic E-state index is 0.277. The van der Waals surface area contributed by atoms with Crippen LogP contribution in [-0.4, -0.2) is 15.9 Å². The van der Waals surface area contributed by atoms with Gasteiger partial charge in [-0.1, -0.05) is 12.1 Å². The second kappa shape index (κ2) is 7.67. The molecule has 6 heteroatoms. The number of hydrogen-bond donors (Lipinski definition) is 2. The second-order valence-corrected chi connectivity index (χ2v) is 6.27. The maximum absolute atomic E-state index is 12.7. The van der Waals surface area contributed by atoms with Crippen LogP contribution >= 0.6 is 0 Å². The van der Waals surface area contributed by atoms with Crippen molar-refractivity contribution in [2.75, 3.05) is 10.6 Å². The molecule has 0 bridgehead atoms. The predicted octanol–water partition coefficient (Wildman–Crippen LogP) is 4.27. The minimum Gasteiger partial charge on any atom is -0.340 e. The van der Waals surface area contributed by atoms with Crippen LogP contribution in [0.2, 0.25) is 0 Å². The number of hydrogen-bond acceptors (Lipinski definition) is 5. The van der Waals surface area contributed by atoms with Crippen molar-refractivity contribution in [3.8, 4) is 6.07 Å². The van der Waals surface area contributed by atoms with Crippen LogP contribution in [0, 0.1) is 32.1 Å². The fraction of sp³-hybridized carbons (Fsp3) is 0.143. The quantitative estimate of drug-likeness (QED) is 0.728. The number of amides is 1. The largest absolute Gasteiger partial charge is 0.340 e. The zero-order valence-corrected chi connectivity index (χ0v) is 15.4. The van der Waals surface area contributed by atoms with Crippen molar-refractivity contribution in [2.24, 2.45) is 0 Å². The van der Waals surface area contributed by atoms with Gasteiger partial charge in [0.05, 0.1) is 11.6 Å². The maximum Gasteiger partial charge on any atom is 0.274 e. The molecule has 0 unspecified atom stereocenters. The molecule has 0 saturated heterocycles. The molecule has 0 aliphatic heterocycles. The summed E-state index contributed by atoms with van der Waals surface area (Å²) in [6.45, 7) is 5.65. The molecular weight excluding hydrogens is 338 g/mol. The number of benzene rings is 2. The normalized spacial score (nSPS) is 10.1. The number of aryl methyl sites for hydroxylation is 3. The molecule has 0 saturated carbocycles. The highest BCUT2D eigenvalue weighted by Gasteiger charge is 2.12. The monoisotopic (exact) mass is 357 g/mol. The first kappa shape index (κ1) is 18.1. The van der Waals surface area contributed by atoms with Crippen molar-refractivity contribution in [1.29, 1.82) is 5.26 Å². The van der Waals surface area contributed by atoms with Crippen LogP contribution in [0.3, 0.4) is 0 Å². The Morgan fingerprint density at radius 3 is 2.44 bits per heavy atom. The van der Waals surface area contributed by atoms with E-state index in [0.717, 1.165) is 22.5 Å². The van der Waals surface area contributed by atoms with Gasteiger partial charge in [0.15, 0.2) is 0 Å². The number of nitriles is 1. The molecule has 2 N–H and O–H groups in total. The van der Waals surface area contributed by atoms with E-state index in [1.807, 2.05) is 32.0 Å². The lowest BCUT2D eigenvalue weighted by molar-refractivity contribution is 0.102. The van der Waals surface area contributed by atoms with Crippen molar-refractivity contribution in [3.63, 3.8) is 0 Å². The second-order valence-electron chi connectivity index (χ2n) is 6.27. The van der Waals surface area contributed by atoms with Crippen LogP contribution in [0.25, 0.3) is 0 Å². The van der Waals surface area contributed by atoms with E-state index in [0.29, 0.717) is 17.2 Å². The molecule has 27 heavy (non-hydrogen) atoms. The van der Waals surface area contributed by atoms with E-state index >= 15 is 0 Å². The number of rotatable bonds is 4. The summed E-state index contributed by atoms with van der Waals surface area (Å²) >= 11 is 0. The van der Waals surface area contributed by atoms with Crippen LogP contribution in [0.15, 0.2) is 48.5 Å². The van der Waals surface area contributed by atoms with Gasteiger partial charge in [-0.3, -0.25) is 4.79 Å². The molecular formula is C21H19N5O. The van der Waals surface area contributed by atoms with E-state index < -0.39 is 0 Å². The van der Waals surface area contributed by atoms with Crippen molar-refractivity contribution < 1.29 is 4.79 Å². The number of nitrogens with zero attached hydrogens (tertiary/aromatic N) is 3. The predicted molar refractivity (Wildman–Crippen MR) is 105 cm³/mol. The van der Waals surface area contributed by atoms with Crippen LogP contribution in [0.5, 0.6) is 0 Å². The van der Waals surface area contributed by atoms with Crippen molar-refractivity contribution in [2.45, 2.75) is 20.8 Å². The van der Waals surface area contributed by atoms with Gasteiger partial charge >= 0.3 is 0 Å². The topological polar surface area (TPSA) is 90.7 Å². The first-order valence-electron chi connectivity index (χ1n) is 8.46. The highest BCUT2D eigenvalue weighted by atomic mass is 16.1. The first-order chi connectivity index (χ1) is 12.9. The Morgan fingerprint density at radius 2 is 1.74 bits per heavy atom. The Hall–Kier alpha value is -3.72. The minimum atomic E-state index is -0.294. The maximum atomic E-state index is 12.7. The molecule has 6 nitrogen and oxygen atoms in total. The number of nitrogens with one attached hydrogen (secondary N) is 2. The fourth-order valence-electron chi connectivity index (χ4n) is 2.58. The lowest BCUT2D eigenvalue weighted by Crippen LogP contribution is -2.16. The molecule has 3 aromatic rings. The standard InChI is InChI=1S/C21H19N5O/c1-13-4-5-14(2)18(10-13)26-21(27)19-11-20(24-15(3)23-19)25-17-8-6-16(12-22)7-9-17/h4-11H,1-3H3,(H,26,27)(H,23,24,25). The highest BCUT2D eigenvalue weighted by Crippen LogP contribution is 2.19. The first-order valence-corrected chi connectivity index (χ1v) is 8.46. The lowest BCUT2D eigenvalue weighted by Gasteiger charge is -2.11. The summed E-state index contributed by atoms with van der Waals surface area (Å²) in [6, 6.07) is 16.6. The number of carbonyl (C=O) groups is 1. The Labute approximate surface area is 157 Å². The van der Waals surface area contributed by atoms with Gasteiger partial charge in [-0.25, -0.2) is 9.97 Å². The van der Waals surface area contributed by atoms with Gasteiger partial charge in [0.1, 0.15) is 17.3 Å². The van der Waals surface area contributed by atoms with Crippen molar-refractivity contribution >= 4 is 23.1 Å². The summed E-state index contributed by atoms with van der Waals surface area (Å²) in [5.74, 6) is 0.704. The van der Waals surface area contributed by atoms with E-state index in [1.165, 1.54) is 0 Å². The Kier molecular flexibility index (Phi) is 5.13. The molecule has 134 valence electrons. The molecule has 0 spiro atoms. The van der Waals surface area contributed by atoms with Gasteiger partial charge in [-0.2, -0.15) is 5.26 Å². The van der Waals surface area contributed by atoms with E-state index in [-0.39, 0.29) is 11.6 Å². The average Bonchev–Trinajstić information content (AvgIpc) is 2.65. The molecule has 1 heterocycles. The van der Waals surface area contributed by atoms with E-state index in [4.69, 9.17) is 5.26 Å². The molecule has 0 aliphatic rings. The molecule has 1 aromatic heterocycles. The van der Waals surface area contributed by atoms with Gasteiger partial charge in [-0.05, 0) is 62.2 Å². The third-order valence-corrected chi connectivity index (χ3v) is 4.00. The van der Waals surface area contributed by atoms with Crippen LogP contribution in [0.4, 0.5) is 17.2 Å². The highest BCUT2D eigenvalue weighted by molar-refractivity contribution is 6.03. The van der Waals surface area contributed by atoms with Gasteiger partial charge in [0.2, 0.25) is 0 Å². The number of anilines is 3. The van der Waals surface area contributed by atoms with E-state index in [2.05, 4.69) is 26.7 Å². The average molecular weight is 357 g/mol. The zero-order valence-electron chi connectivity index (χ0n) is 15.4. The summed E-state index contributed by atoms with van der Waals surface area (Å²) in [4.78, 5) is 21.2. The Bertz CT molecular complexity index is 1040. The molecule has 0 radical (unpaired) electrons. The summed E-state index contributed by atoms with van der Waals surface area (Å²) < 4.78 is 0. The summed E-state index contributed by atoms with van der Waals surface area (Å²) in [6.07, 6.45) is 0. The number of aromatic nitrogens is 2. The smallest absolute Gasteiger partial charge is 0.274 e.